The Bertz CT molecular complexity index is 413. The molecular weight excluding hydrogens is 254 g/mol. The van der Waals surface area contributed by atoms with Crippen LogP contribution in [0.4, 0.5) is 20.2 Å². The third kappa shape index (κ3) is 5.21. The summed E-state index contributed by atoms with van der Waals surface area (Å²) in [7, 11) is 0. The standard InChI is InChI=1S/C13H18F2N2O2/c1-2-17(11-5-3-4-10(16)8-11)13(18)6-7-19-9-12(14)15/h3-5,8,12H,2,6-7,9,16H2,1H3. The van der Waals surface area contributed by atoms with Crippen LogP contribution in [0.2, 0.25) is 0 Å². The van der Waals surface area contributed by atoms with Crippen LogP contribution in [0.15, 0.2) is 24.3 Å². The zero-order valence-electron chi connectivity index (χ0n) is 10.8. The summed E-state index contributed by atoms with van der Waals surface area (Å²) in [5.41, 5.74) is 6.92. The van der Waals surface area contributed by atoms with E-state index in [1.54, 1.807) is 29.2 Å². The van der Waals surface area contributed by atoms with Gasteiger partial charge in [0, 0.05) is 17.9 Å². The van der Waals surface area contributed by atoms with Crippen molar-refractivity contribution in [3.63, 3.8) is 0 Å². The Morgan fingerprint density at radius 1 is 1.47 bits per heavy atom. The van der Waals surface area contributed by atoms with Gasteiger partial charge in [-0.05, 0) is 25.1 Å². The summed E-state index contributed by atoms with van der Waals surface area (Å²) in [5.74, 6) is -0.178. The number of halogens is 2. The van der Waals surface area contributed by atoms with Crippen molar-refractivity contribution < 1.29 is 18.3 Å². The Morgan fingerprint density at radius 3 is 2.79 bits per heavy atom. The fourth-order valence-electron chi connectivity index (χ4n) is 1.66. The van der Waals surface area contributed by atoms with Crippen LogP contribution in [-0.2, 0) is 9.53 Å². The number of nitrogens with two attached hydrogens (primary N) is 1. The minimum absolute atomic E-state index is 0.0119. The van der Waals surface area contributed by atoms with Gasteiger partial charge in [-0.1, -0.05) is 6.07 Å². The highest BCUT2D eigenvalue weighted by Crippen LogP contribution is 2.18. The van der Waals surface area contributed by atoms with Crippen LogP contribution in [0.1, 0.15) is 13.3 Å². The summed E-state index contributed by atoms with van der Waals surface area (Å²) in [6, 6.07) is 6.96. The van der Waals surface area contributed by atoms with Crippen LogP contribution < -0.4 is 10.6 Å². The molecule has 106 valence electrons. The molecule has 1 aromatic rings. The molecule has 0 saturated heterocycles. The van der Waals surface area contributed by atoms with Crippen LogP contribution in [-0.4, -0.2) is 32.1 Å². The topological polar surface area (TPSA) is 55.6 Å². The molecule has 0 spiro atoms. The van der Waals surface area contributed by atoms with Gasteiger partial charge >= 0.3 is 0 Å². The van der Waals surface area contributed by atoms with E-state index in [4.69, 9.17) is 10.5 Å². The number of hydrogen-bond donors (Lipinski definition) is 1. The number of ether oxygens (including phenoxy) is 1. The van der Waals surface area contributed by atoms with Gasteiger partial charge in [0.2, 0.25) is 5.91 Å². The van der Waals surface area contributed by atoms with E-state index in [-0.39, 0.29) is 18.9 Å². The number of amides is 1. The van der Waals surface area contributed by atoms with Crippen molar-refractivity contribution in [1.29, 1.82) is 0 Å². The van der Waals surface area contributed by atoms with Gasteiger partial charge in [0.15, 0.2) is 0 Å². The van der Waals surface area contributed by atoms with Crippen LogP contribution >= 0.6 is 0 Å². The fourth-order valence-corrected chi connectivity index (χ4v) is 1.66. The molecule has 0 saturated carbocycles. The number of rotatable bonds is 7. The lowest BCUT2D eigenvalue weighted by Gasteiger charge is -2.21. The van der Waals surface area contributed by atoms with Crippen LogP contribution in [0, 0.1) is 0 Å². The molecule has 0 heterocycles. The number of carbonyl (C=O) groups excluding carboxylic acids is 1. The predicted molar refractivity (Wildman–Crippen MR) is 70.3 cm³/mol. The van der Waals surface area contributed by atoms with E-state index < -0.39 is 13.0 Å². The molecule has 0 bridgehead atoms. The molecule has 1 rings (SSSR count). The molecule has 6 heteroatoms. The Kier molecular flexibility index (Phi) is 6.21. The van der Waals surface area contributed by atoms with Crippen molar-refractivity contribution in [3.05, 3.63) is 24.3 Å². The van der Waals surface area contributed by atoms with Gasteiger partial charge in [-0.3, -0.25) is 4.79 Å². The molecule has 0 aromatic heterocycles. The quantitative estimate of drug-likeness (QED) is 0.612. The first-order chi connectivity index (χ1) is 9.04. The van der Waals surface area contributed by atoms with Gasteiger partial charge < -0.3 is 15.4 Å². The van der Waals surface area contributed by atoms with Gasteiger partial charge in [0.05, 0.1) is 13.0 Å². The van der Waals surface area contributed by atoms with Crippen molar-refractivity contribution in [2.45, 2.75) is 19.8 Å². The van der Waals surface area contributed by atoms with Gasteiger partial charge in [0.1, 0.15) is 6.61 Å². The summed E-state index contributed by atoms with van der Waals surface area (Å²) >= 11 is 0. The number of anilines is 2. The van der Waals surface area contributed by atoms with Crippen LogP contribution in [0.3, 0.4) is 0 Å². The zero-order chi connectivity index (χ0) is 14.3. The molecular formula is C13H18F2N2O2. The highest BCUT2D eigenvalue weighted by atomic mass is 19.3. The first kappa shape index (κ1) is 15.4. The lowest BCUT2D eigenvalue weighted by molar-refractivity contribution is -0.120. The van der Waals surface area contributed by atoms with Crippen LogP contribution in [0.25, 0.3) is 0 Å². The first-order valence-corrected chi connectivity index (χ1v) is 6.06. The minimum atomic E-state index is -2.51. The summed E-state index contributed by atoms with van der Waals surface area (Å²) in [6.07, 6.45) is -2.44. The van der Waals surface area contributed by atoms with E-state index in [1.165, 1.54) is 0 Å². The number of carbonyl (C=O) groups is 1. The summed E-state index contributed by atoms with van der Waals surface area (Å²) in [5, 5.41) is 0. The first-order valence-electron chi connectivity index (χ1n) is 6.06. The van der Waals surface area contributed by atoms with Crippen molar-refractivity contribution in [1.82, 2.24) is 0 Å². The van der Waals surface area contributed by atoms with Gasteiger partial charge in [0.25, 0.3) is 6.43 Å². The SMILES string of the molecule is CCN(C(=O)CCOCC(F)F)c1cccc(N)c1. The molecule has 0 radical (unpaired) electrons. The Labute approximate surface area is 111 Å². The van der Waals surface area contributed by atoms with Crippen molar-refractivity contribution in [2.24, 2.45) is 0 Å². The Morgan fingerprint density at radius 2 is 2.21 bits per heavy atom. The Balaban J connectivity index is 2.52. The normalized spacial score (nSPS) is 10.7. The van der Waals surface area contributed by atoms with Gasteiger partial charge in [-0.15, -0.1) is 0 Å². The average Bonchev–Trinajstić information content (AvgIpc) is 2.35. The minimum Gasteiger partial charge on any atom is -0.399 e. The maximum Gasteiger partial charge on any atom is 0.261 e. The van der Waals surface area contributed by atoms with E-state index in [9.17, 15) is 13.6 Å². The molecule has 0 fully saturated rings. The van der Waals surface area contributed by atoms with Crippen molar-refractivity contribution in [3.8, 4) is 0 Å². The van der Waals surface area contributed by atoms with E-state index in [0.29, 0.717) is 17.9 Å². The Hall–Kier alpha value is -1.69. The molecule has 0 aliphatic rings. The monoisotopic (exact) mass is 272 g/mol. The summed E-state index contributed by atoms with van der Waals surface area (Å²) in [4.78, 5) is 13.5. The number of nitrogens with zero attached hydrogens (tertiary/aromatic N) is 1. The van der Waals surface area contributed by atoms with Crippen molar-refractivity contribution >= 4 is 17.3 Å². The maximum atomic E-state index is 11.9. The number of alkyl halides is 2. The molecule has 19 heavy (non-hydrogen) atoms. The summed E-state index contributed by atoms with van der Waals surface area (Å²) in [6.45, 7) is 1.66. The lowest BCUT2D eigenvalue weighted by Crippen LogP contribution is -2.31. The van der Waals surface area contributed by atoms with E-state index in [1.807, 2.05) is 6.92 Å². The van der Waals surface area contributed by atoms with Crippen LogP contribution in [0.5, 0.6) is 0 Å². The second kappa shape index (κ2) is 7.68. The second-order valence-electron chi connectivity index (χ2n) is 3.95. The molecule has 0 atom stereocenters. The zero-order valence-corrected chi connectivity index (χ0v) is 10.8. The number of hydrogen-bond acceptors (Lipinski definition) is 3. The number of nitrogen functional groups attached to an aromatic ring is 1. The highest BCUT2D eigenvalue weighted by Gasteiger charge is 2.14. The van der Waals surface area contributed by atoms with Gasteiger partial charge in [-0.2, -0.15) is 0 Å². The molecule has 0 unspecified atom stereocenters. The molecule has 0 aliphatic carbocycles. The van der Waals surface area contributed by atoms with Crippen molar-refractivity contribution in [2.75, 3.05) is 30.4 Å². The number of benzene rings is 1. The van der Waals surface area contributed by atoms with E-state index >= 15 is 0 Å². The fraction of sp³-hybridized carbons (Fsp3) is 0.462. The van der Waals surface area contributed by atoms with Gasteiger partial charge in [-0.25, -0.2) is 8.78 Å². The van der Waals surface area contributed by atoms with E-state index in [0.717, 1.165) is 0 Å². The maximum absolute atomic E-state index is 11.9. The average molecular weight is 272 g/mol. The second-order valence-corrected chi connectivity index (χ2v) is 3.95. The third-order valence-corrected chi connectivity index (χ3v) is 2.50. The lowest BCUT2D eigenvalue weighted by atomic mass is 10.2. The third-order valence-electron chi connectivity index (χ3n) is 2.50. The molecule has 2 N–H and O–H groups in total. The largest absolute Gasteiger partial charge is 0.399 e. The summed E-state index contributed by atoms with van der Waals surface area (Å²) < 4.78 is 28.4. The van der Waals surface area contributed by atoms with E-state index in [2.05, 4.69) is 0 Å². The molecule has 0 aliphatic heterocycles. The molecule has 1 aromatic carbocycles. The smallest absolute Gasteiger partial charge is 0.261 e. The molecule has 4 nitrogen and oxygen atoms in total. The molecule has 1 amide bonds. The highest BCUT2D eigenvalue weighted by molar-refractivity contribution is 5.93. The predicted octanol–water partition coefficient (Wildman–Crippen LogP) is 2.29.